The SMILES string of the molecule is Clc1snnc1CN1CCC[C@H]1c1ccc2c(c1)OCO2. The summed E-state index contributed by atoms with van der Waals surface area (Å²) in [6, 6.07) is 6.58. The smallest absolute Gasteiger partial charge is 0.231 e. The van der Waals surface area contributed by atoms with Gasteiger partial charge in [0.25, 0.3) is 0 Å². The largest absolute Gasteiger partial charge is 0.454 e. The zero-order valence-corrected chi connectivity index (χ0v) is 12.9. The highest BCUT2D eigenvalue weighted by molar-refractivity contribution is 7.10. The number of halogens is 1. The van der Waals surface area contributed by atoms with Crippen LogP contribution in [0.5, 0.6) is 11.5 Å². The minimum Gasteiger partial charge on any atom is -0.454 e. The third-order valence-corrected chi connectivity index (χ3v) is 4.99. The van der Waals surface area contributed by atoms with Gasteiger partial charge in [-0.1, -0.05) is 22.2 Å². The molecule has 0 N–H and O–H groups in total. The minimum atomic E-state index is 0.313. The monoisotopic (exact) mass is 323 g/mol. The molecule has 0 saturated carbocycles. The van der Waals surface area contributed by atoms with Crippen molar-refractivity contribution in [1.82, 2.24) is 14.5 Å². The van der Waals surface area contributed by atoms with Gasteiger partial charge in [0.1, 0.15) is 10.0 Å². The Balaban J connectivity index is 1.57. The topological polar surface area (TPSA) is 47.5 Å². The van der Waals surface area contributed by atoms with Crippen LogP contribution in [0.2, 0.25) is 4.34 Å². The molecular weight excluding hydrogens is 310 g/mol. The first kappa shape index (κ1) is 13.3. The first-order valence-electron chi connectivity index (χ1n) is 6.91. The molecule has 0 unspecified atom stereocenters. The number of hydrogen-bond donors (Lipinski definition) is 0. The van der Waals surface area contributed by atoms with Crippen LogP contribution in [-0.2, 0) is 6.54 Å². The molecule has 5 nitrogen and oxygen atoms in total. The summed E-state index contributed by atoms with van der Waals surface area (Å²) in [5.41, 5.74) is 2.13. The highest BCUT2D eigenvalue weighted by Gasteiger charge is 2.28. The molecule has 21 heavy (non-hydrogen) atoms. The van der Waals surface area contributed by atoms with Gasteiger partial charge < -0.3 is 9.47 Å². The second-order valence-electron chi connectivity index (χ2n) is 5.23. The fraction of sp³-hybridized carbons (Fsp3) is 0.429. The van der Waals surface area contributed by atoms with Crippen molar-refractivity contribution in [1.29, 1.82) is 0 Å². The van der Waals surface area contributed by atoms with Crippen molar-refractivity contribution in [2.24, 2.45) is 0 Å². The van der Waals surface area contributed by atoms with Crippen LogP contribution in [-0.4, -0.2) is 27.8 Å². The molecule has 7 heteroatoms. The maximum Gasteiger partial charge on any atom is 0.231 e. The van der Waals surface area contributed by atoms with Crippen LogP contribution in [0, 0.1) is 0 Å². The van der Waals surface area contributed by atoms with Gasteiger partial charge in [0.05, 0.1) is 0 Å². The molecule has 1 atom stereocenters. The van der Waals surface area contributed by atoms with Gasteiger partial charge >= 0.3 is 0 Å². The summed E-state index contributed by atoms with van der Waals surface area (Å²) >= 11 is 7.36. The summed E-state index contributed by atoms with van der Waals surface area (Å²) in [5.74, 6) is 1.67. The van der Waals surface area contributed by atoms with Crippen LogP contribution in [0.4, 0.5) is 0 Å². The number of likely N-dealkylation sites (tertiary alicyclic amines) is 1. The Morgan fingerprint density at radius 2 is 2.24 bits per heavy atom. The lowest BCUT2D eigenvalue weighted by Gasteiger charge is -2.24. The number of ether oxygens (including phenoxy) is 2. The quantitative estimate of drug-likeness (QED) is 0.867. The maximum absolute atomic E-state index is 6.12. The van der Waals surface area contributed by atoms with Gasteiger partial charge in [-0.05, 0) is 37.1 Å². The van der Waals surface area contributed by atoms with E-state index in [2.05, 4.69) is 26.6 Å². The lowest BCUT2D eigenvalue weighted by Crippen LogP contribution is -2.23. The Kier molecular flexibility index (Phi) is 3.45. The normalized spacial score (nSPS) is 21.1. The van der Waals surface area contributed by atoms with Crippen LogP contribution in [0.15, 0.2) is 18.2 Å². The molecule has 110 valence electrons. The van der Waals surface area contributed by atoms with Gasteiger partial charge in [0.15, 0.2) is 11.5 Å². The van der Waals surface area contributed by atoms with E-state index >= 15 is 0 Å². The van der Waals surface area contributed by atoms with Crippen molar-refractivity contribution in [2.75, 3.05) is 13.3 Å². The predicted molar refractivity (Wildman–Crippen MR) is 79.9 cm³/mol. The number of aromatic nitrogens is 2. The standard InChI is InChI=1S/C14H14ClN3O2S/c15-14-10(16-17-21-14)7-18-5-1-2-11(18)9-3-4-12-13(6-9)20-8-19-12/h3-4,6,11H,1-2,5,7-8H2/t11-/m0/s1. The second-order valence-corrected chi connectivity index (χ2v) is 6.59. The van der Waals surface area contributed by atoms with E-state index in [1.54, 1.807) is 0 Å². The Morgan fingerprint density at radius 3 is 3.10 bits per heavy atom. The Labute approximate surface area is 131 Å². The third kappa shape index (κ3) is 2.47. The molecule has 3 heterocycles. The van der Waals surface area contributed by atoms with E-state index in [-0.39, 0.29) is 0 Å². The van der Waals surface area contributed by atoms with Gasteiger partial charge in [-0.15, -0.1) is 5.10 Å². The van der Waals surface area contributed by atoms with Crippen LogP contribution in [0.3, 0.4) is 0 Å². The highest BCUT2D eigenvalue weighted by atomic mass is 35.5. The van der Waals surface area contributed by atoms with E-state index in [4.69, 9.17) is 21.1 Å². The molecule has 1 fully saturated rings. The number of nitrogens with zero attached hydrogens (tertiary/aromatic N) is 3. The van der Waals surface area contributed by atoms with E-state index in [0.29, 0.717) is 17.2 Å². The summed E-state index contributed by atoms with van der Waals surface area (Å²) in [4.78, 5) is 2.40. The van der Waals surface area contributed by atoms with Crippen LogP contribution in [0.1, 0.15) is 30.1 Å². The van der Waals surface area contributed by atoms with E-state index < -0.39 is 0 Å². The first-order valence-corrected chi connectivity index (χ1v) is 8.07. The molecular formula is C14H14ClN3O2S. The number of hydrogen-bond acceptors (Lipinski definition) is 6. The first-order chi connectivity index (χ1) is 10.3. The number of benzene rings is 1. The van der Waals surface area contributed by atoms with E-state index in [1.165, 1.54) is 23.5 Å². The third-order valence-electron chi connectivity index (χ3n) is 4.01. The van der Waals surface area contributed by atoms with Gasteiger partial charge in [-0.2, -0.15) is 0 Å². The van der Waals surface area contributed by atoms with Crippen molar-refractivity contribution in [3.8, 4) is 11.5 Å². The van der Waals surface area contributed by atoms with E-state index in [0.717, 1.165) is 36.7 Å². The van der Waals surface area contributed by atoms with Crippen molar-refractivity contribution in [2.45, 2.75) is 25.4 Å². The van der Waals surface area contributed by atoms with Gasteiger partial charge in [0, 0.05) is 24.1 Å². The molecule has 0 bridgehead atoms. The van der Waals surface area contributed by atoms with Crippen molar-refractivity contribution in [3.63, 3.8) is 0 Å². The van der Waals surface area contributed by atoms with Crippen LogP contribution >= 0.6 is 23.1 Å². The molecule has 2 aliphatic rings. The molecule has 1 aromatic carbocycles. The lowest BCUT2D eigenvalue weighted by molar-refractivity contribution is 0.173. The Morgan fingerprint density at radius 1 is 1.33 bits per heavy atom. The molecule has 4 rings (SSSR count). The van der Waals surface area contributed by atoms with Crippen molar-refractivity contribution in [3.05, 3.63) is 33.8 Å². The fourth-order valence-corrected chi connectivity index (χ4v) is 3.61. The summed E-state index contributed by atoms with van der Waals surface area (Å²) < 4.78 is 15.4. The van der Waals surface area contributed by atoms with Crippen molar-refractivity contribution < 1.29 is 9.47 Å². The van der Waals surface area contributed by atoms with E-state index in [1.807, 2.05) is 6.07 Å². The van der Waals surface area contributed by atoms with Gasteiger partial charge in [-0.3, -0.25) is 4.90 Å². The molecule has 1 saturated heterocycles. The van der Waals surface area contributed by atoms with Crippen molar-refractivity contribution >= 4 is 23.1 Å². The molecule has 0 aliphatic carbocycles. The lowest BCUT2D eigenvalue weighted by atomic mass is 10.0. The Hall–Kier alpha value is -1.37. The second kappa shape index (κ2) is 5.44. The number of fused-ring (bicyclic) bond motifs is 1. The Bertz CT molecular complexity index is 663. The zero-order valence-electron chi connectivity index (χ0n) is 11.3. The number of rotatable bonds is 3. The van der Waals surface area contributed by atoms with Gasteiger partial charge in [-0.25, -0.2) is 0 Å². The molecule has 0 amide bonds. The molecule has 0 radical (unpaired) electrons. The molecule has 2 aliphatic heterocycles. The van der Waals surface area contributed by atoms with E-state index in [9.17, 15) is 0 Å². The highest BCUT2D eigenvalue weighted by Crippen LogP contribution is 2.39. The summed E-state index contributed by atoms with van der Waals surface area (Å²) in [5, 5.41) is 4.12. The van der Waals surface area contributed by atoms with Crippen LogP contribution < -0.4 is 9.47 Å². The average Bonchev–Trinajstić information content (AvgIpc) is 3.20. The summed E-state index contributed by atoms with van der Waals surface area (Å²) in [7, 11) is 0. The predicted octanol–water partition coefficient (Wildman–Crippen LogP) is 3.26. The minimum absolute atomic E-state index is 0.313. The molecule has 1 aromatic heterocycles. The summed E-state index contributed by atoms with van der Waals surface area (Å²) in [6.45, 7) is 2.11. The maximum atomic E-state index is 6.12. The molecule has 2 aromatic rings. The molecule has 0 spiro atoms. The average molecular weight is 324 g/mol. The fourth-order valence-electron chi connectivity index (χ4n) is 3.00. The zero-order chi connectivity index (χ0) is 14.2. The van der Waals surface area contributed by atoms with Crippen LogP contribution in [0.25, 0.3) is 0 Å². The summed E-state index contributed by atoms with van der Waals surface area (Å²) in [6.07, 6.45) is 2.31. The van der Waals surface area contributed by atoms with Gasteiger partial charge in [0.2, 0.25) is 6.79 Å².